The van der Waals surface area contributed by atoms with Gasteiger partial charge in [-0.15, -0.1) is 0 Å². The highest BCUT2D eigenvalue weighted by atomic mass is 16.5. The predicted molar refractivity (Wildman–Crippen MR) is 80.3 cm³/mol. The smallest absolute Gasteiger partial charge is 0.325 e. The molecule has 0 rings (SSSR count). The van der Waals surface area contributed by atoms with Gasteiger partial charge < -0.3 is 15.0 Å². The van der Waals surface area contributed by atoms with Crippen LogP contribution in [-0.2, 0) is 9.53 Å². The molecule has 0 aromatic carbocycles. The molecule has 4 heteroatoms. The van der Waals surface area contributed by atoms with Crippen molar-refractivity contribution in [2.45, 2.75) is 59.0 Å². The van der Waals surface area contributed by atoms with Crippen LogP contribution in [0.25, 0.3) is 0 Å². The zero-order chi connectivity index (χ0) is 15.1. The van der Waals surface area contributed by atoms with Gasteiger partial charge in [0.25, 0.3) is 0 Å². The normalized spacial score (nSPS) is 15.1. The van der Waals surface area contributed by atoms with Crippen molar-refractivity contribution in [3.05, 3.63) is 0 Å². The lowest BCUT2D eigenvalue weighted by Crippen LogP contribution is -2.48. The number of rotatable bonds is 9. The molecule has 114 valence electrons. The molecule has 1 atom stereocenters. The van der Waals surface area contributed by atoms with Crippen LogP contribution < -0.4 is 5.32 Å². The molecular formula is C15H32N2O2. The minimum atomic E-state index is -0.574. The summed E-state index contributed by atoms with van der Waals surface area (Å²) in [5.41, 5.74) is -0.574. The van der Waals surface area contributed by atoms with E-state index in [4.69, 9.17) is 4.74 Å². The molecule has 0 bridgehead atoms. The van der Waals surface area contributed by atoms with Crippen LogP contribution >= 0.6 is 0 Å². The molecule has 0 saturated carbocycles. The van der Waals surface area contributed by atoms with Crippen molar-refractivity contribution >= 4 is 5.97 Å². The van der Waals surface area contributed by atoms with Crippen molar-refractivity contribution in [3.63, 3.8) is 0 Å². The van der Waals surface area contributed by atoms with E-state index in [1.165, 1.54) is 7.11 Å². The second-order valence-electron chi connectivity index (χ2n) is 6.16. The second kappa shape index (κ2) is 8.54. The van der Waals surface area contributed by atoms with Crippen molar-refractivity contribution in [2.75, 3.05) is 27.2 Å². The van der Waals surface area contributed by atoms with Gasteiger partial charge in [-0.3, -0.25) is 4.79 Å². The van der Waals surface area contributed by atoms with E-state index in [0.717, 1.165) is 25.9 Å². The number of likely N-dealkylation sites (N-methyl/N-ethyl adjacent to an activating group) is 1. The topological polar surface area (TPSA) is 41.6 Å². The number of carbonyl (C=O) groups is 1. The molecule has 4 nitrogen and oxygen atoms in total. The van der Waals surface area contributed by atoms with E-state index in [-0.39, 0.29) is 5.97 Å². The molecule has 0 radical (unpaired) electrons. The number of methoxy groups -OCH3 is 1. The van der Waals surface area contributed by atoms with Gasteiger partial charge in [-0.2, -0.15) is 0 Å². The highest BCUT2D eigenvalue weighted by Crippen LogP contribution is 2.15. The largest absolute Gasteiger partial charge is 0.468 e. The Hall–Kier alpha value is -0.610. The number of ether oxygens (including phenoxy) is 1. The fraction of sp³-hybridized carbons (Fsp3) is 0.933. The van der Waals surface area contributed by atoms with Crippen LogP contribution in [0.1, 0.15) is 47.5 Å². The monoisotopic (exact) mass is 272 g/mol. The summed E-state index contributed by atoms with van der Waals surface area (Å²) in [6, 6.07) is 0.543. The molecule has 0 aliphatic heterocycles. The molecule has 0 aromatic rings. The number of hydrogen-bond acceptors (Lipinski definition) is 4. The standard InChI is InChI=1S/C15H32N2O2/c1-12(2)11-17(13(3)4)10-8-9-15(5,16-6)14(18)19-7/h12-13,16H,8-11H2,1-7H3. The number of carbonyl (C=O) groups excluding carboxylic acids is 1. The van der Waals surface area contributed by atoms with Gasteiger partial charge in [-0.05, 0) is 53.1 Å². The zero-order valence-electron chi connectivity index (χ0n) is 13.7. The molecule has 0 fully saturated rings. The first-order valence-corrected chi connectivity index (χ1v) is 7.28. The van der Waals surface area contributed by atoms with Gasteiger partial charge in [0.2, 0.25) is 0 Å². The van der Waals surface area contributed by atoms with E-state index in [1.807, 2.05) is 14.0 Å². The fourth-order valence-electron chi connectivity index (χ4n) is 2.22. The zero-order valence-corrected chi connectivity index (χ0v) is 13.7. The summed E-state index contributed by atoms with van der Waals surface area (Å²) in [4.78, 5) is 14.2. The van der Waals surface area contributed by atoms with Crippen molar-refractivity contribution in [3.8, 4) is 0 Å². The summed E-state index contributed by atoms with van der Waals surface area (Å²) in [6.45, 7) is 12.9. The molecule has 0 spiro atoms. The summed E-state index contributed by atoms with van der Waals surface area (Å²) in [6.07, 6.45) is 1.77. The number of nitrogens with zero attached hydrogens (tertiary/aromatic N) is 1. The van der Waals surface area contributed by atoms with Crippen LogP contribution in [0, 0.1) is 5.92 Å². The van der Waals surface area contributed by atoms with Gasteiger partial charge in [0.1, 0.15) is 5.54 Å². The van der Waals surface area contributed by atoms with E-state index in [2.05, 4.69) is 37.9 Å². The van der Waals surface area contributed by atoms with Crippen molar-refractivity contribution < 1.29 is 9.53 Å². The lowest BCUT2D eigenvalue weighted by molar-refractivity contribution is -0.148. The third-order valence-corrected chi connectivity index (χ3v) is 3.64. The average molecular weight is 272 g/mol. The third-order valence-electron chi connectivity index (χ3n) is 3.64. The molecule has 0 aliphatic rings. The number of hydrogen-bond donors (Lipinski definition) is 1. The first-order chi connectivity index (χ1) is 8.76. The molecule has 0 saturated heterocycles. The van der Waals surface area contributed by atoms with Crippen molar-refractivity contribution in [1.82, 2.24) is 10.2 Å². The van der Waals surface area contributed by atoms with Crippen LogP contribution in [-0.4, -0.2) is 49.7 Å². The van der Waals surface area contributed by atoms with E-state index in [0.29, 0.717) is 12.0 Å². The molecular weight excluding hydrogens is 240 g/mol. The Morgan fingerprint density at radius 1 is 1.32 bits per heavy atom. The molecule has 0 aliphatic carbocycles. The Labute approximate surface area is 118 Å². The molecule has 0 heterocycles. The highest BCUT2D eigenvalue weighted by Gasteiger charge is 2.32. The Bertz CT molecular complexity index is 267. The van der Waals surface area contributed by atoms with Crippen LogP contribution in [0.2, 0.25) is 0 Å². The van der Waals surface area contributed by atoms with E-state index >= 15 is 0 Å². The van der Waals surface area contributed by atoms with Crippen molar-refractivity contribution in [2.24, 2.45) is 5.92 Å². The summed E-state index contributed by atoms with van der Waals surface area (Å²) in [5.74, 6) is 0.480. The van der Waals surface area contributed by atoms with Crippen LogP contribution in [0.15, 0.2) is 0 Å². The van der Waals surface area contributed by atoms with E-state index in [1.54, 1.807) is 0 Å². The first-order valence-electron chi connectivity index (χ1n) is 7.28. The fourth-order valence-corrected chi connectivity index (χ4v) is 2.22. The highest BCUT2D eigenvalue weighted by molar-refractivity contribution is 5.80. The Kier molecular flexibility index (Phi) is 8.26. The molecule has 1 N–H and O–H groups in total. The third kappa shape index (κ3) is 6.39. The van der Waals surface area contributed by atoms with Gasteiger partial charge in [0.05, 0.1) is 7.11 Å². The van der Waals surface area contributed by atoms with Gasteiger partial charge in [-0.25, -0.2) is 0 Å². The lowest BCUT2D eigenvalue weighted by atomic mass is 9.95. The lowest BCUT2D eigenvalue weighted by Gasteiger charge is -2.31. The van der Waals surface area contributed by atoms with Gasteiger partial charge in [-0.1, -0.05) is 13.8 Å². The SMILES string of the molecule is CNC(C)(CCCN(CC(C)C)C(C)C)C(=O)OC. The second-order valence-corrected chi connectivity index (χ2v) is 6.16. The van der Waals surface area contributed by atoms with Crippen LogP contribution in [0.3, 0.4) is 0 Å². The predicted octanol–water partition coefficient (Wildman–Crippen LogP) is 2.28. The van der Waals surface area contributed by atoms with Crippen LogP contribution in [0.5, 0.6) is 0 Å². The molecule has 19 heavy (non-hydrogen) atoms. The molecule has 0 aromatic heterocycles. The maximum Gasteiger partial charge on any atom is 0.325 e. The molecule has 0 amide bonds. The van der Waals surface area contributed by atoms with Gasteiger partial charge >= 0.3 is 5.97 Å². The summed E-state index contributed by atoms with van der Waals surface area (Å²) in [7, 11) is 3.25. The maximum atomic E-state index is 11.8. The minimum absolute atomic E-state index is 0.185. The number of nitrogens with one attached hydrogen (secondary N) is 1. The van der Waals surface area contributed by atoms with Crippen LogP contribution in [0.4, 0.5) is 0 Å². The number of esters is 1. The van der Waals surface area contributed by atoms with Crippen molar-refractivity contribution in [1.29, 1.82) is 0 Å². The van der Waals surface area contributed by atoms with Gasteiger partial charge in [0.15, 0.2) is 0 Å². The van der Waals surface area contributed by atoms with E-state index in [9.17, 15) is 4.79 Å². The summed E-state index contributed by atoms with van der Waals surface area (Å²) < 4.78 is 4.86. The Balaban J connectivity index is 4.34. The first kappa shape index (κ1) is 18.4. The Morgan fingerprint density at radius 3 is 2.26 bits per heavy atom. The summed E-state index contributed by atoms with van der Waals surface area (Å²) in [5, 5.41) is 3.08. The molecule has 1 unspecified atom stereocenters. The Morgan fingerprint density at radius 2 is 1.89 bits per heavy atom. The van der Waals surface area contributed by atoms with Gasteiger partial charge in [0, 0.05) is 12.6 Å². The quantitative estimate of drug-likeness (QED) is 0.654. The maximum absolute atomic E-state index is 11.8. The average Bonchev–Trinajstić information content (AvgIpc) is 2.35. The minimum Gasteiger partial charge on any atom is -0.468 e. The summed E-state index contributed by atoms with van der Waals surface area (Å²) >= 11 is 0. The van der Waals surface area contributed by atoms with E-state index < -0.39 is 5.54 Å².